The van der Waals surface area contributed by atoms with Crippen LogP contribution in [-0.4, -0.2) is 56.0 Å². The number of esters is 1. The van der Waals surface area contributed by atoms with Gasteiger partial charge in [0.25, 0.3) is 0 Å². The number of hydrogen-bond donors (Lipinski definition) is 1. The number of ether oxygens (including phenoxy) is 1. The quantitative estimate of drug-likeness (QED) is 0.555. The number of methoxy groups -OCH3 is 1. The zero-order chi connectivity index (χ0) is 11.8. The van der Waals surface area contributed by atoms with Gasteiger partial charge in [0, 0.05) is 12.6 Å². The second kappa shape index (κ2) is 8.07. The molecule has 0 aromatic carbocycles. The van der Waals surface area contributed by atoms with Crippen molar-refractivity contribution in [3.63, 3.8) is 0 Å². The second-order valence-electron chi connectivity index (χ2n) is 3.89. The van der Waals surface area contributed by atoms with Crippen molar-refractivity contribution in [3.05, 3.63) is 0 Å². The van der Waals surface area contributed by atoms with Crippen molar-refractivity contribution in [1.82, 2.24) is 10.2 Å². The van der Waals surface area contributed by atoms with Gasteiger partial charge in [0.15, 0.2) is 0 Å². The lowest BCUT2D eigenvalue weighted by Crippen LogP contribution is -2.36. The van der Waals surface area contributed by atoms with Gasteiger partial charge in [-0.05, 0) is 34.0 Å². The van der Waals surface area contributed by atoms with Gasteiger partial charge in [0.05, 0.1) is 7.11 Å². The summed E-state index contributed by atoms with van der Waals surface area (Å²) in [5.41, 5.74) is 0. The Labute approximate surface area is 100 Å². The van der Waals surface area contributed by atoms with E-state index >= 15 is 0 Å². The molecule has 0 saturated heterocycles. The molecular weight excluding hydrogens is 260 g/mol. The van der Waals surface area contributed by atoms with Crippen LogP contribution < -0.4 is 5.32 Å². The SMILES string of the molecule is COC(=O)C(Br)CNC(C)CCN(C)C. The molecule has 0 aliphatic carbocycles. The molecule has 0 amide bonds. The molecule has 2 unspecified atom stereocenters. The lowest BCUT2D eigenvalue weighted by Gasteiger charge is -2.17. The molecule has 0 bridgehead atoms. The van der Waals surface area contributed by atoms with E-state index in [1.165, 1.54) is 7.11 Å². The molecule has 1 N–H and O–H groups in total. The fourth-order valence-corrected chi connectivity index (χ4v) is 1.44. The summed E-state index contributed by atoms with van der Waals surface area (Å²) in [4.78, 5) is 13.0. The van der Waals surface area contributed by atoms with Crippen LogP contribution in [0.25, 0.3) is 0 Å². The fourth-order valence-electron chi connectivity index (χ4n) is 1.07. The van der Waals surface area contributed by atoms with E-state index in [4.69, 9.17) is 0 Å². The van der Waals surface area contributed by atoms with Crippen LogP contribution in [0.1, 0.15) is 13.3 Å². The van der Waals surface area contributed by atoms with Crippen LogP contribution in [0, 0.1) is 0 Å². The Hall–Kier alpha value is -0.130. The van der Waals surface area contributed by atoms with Crippen molar-refractivity contribution in [1.29, 1.82) is 0 Å². The molecule has 0 fully saturated rings. The smallest absolute Gasteiger partial charge is 0.320 e. The molecule has 0 aromatic heterocycles. The molecule has 0 saturated carbocycles. The molecule has 0 aliphatic heterocycles. The van der Waals surface area contributed by atoms with Crippen molar-refractivity contribution in [2.75, 3.05) is 34.3 Å². The van der Waals surface area contributed by atoms with Crippen molar-refractivity contribution < 1.29 is 9.53 Å². The lowest BCUT2D eigenvalue weighted by molar-refractivity contribution is -0.139. The predicted octanol–water partition coefficient (Wildman–Crippen LogP) is 0.853. The van der Waals surface area contributed by atoms with Gasteiger partial charge in [-0.2, -0.15) is 0 Å². The minimum atomic E-state index is -0.260. The van der Waals surface area contributed by atoms with Gasteiger partial charge in [0.1, 0.15) is 4.83 Å². The number of carbonyl (C=O) groups excluding carboxylic acids is 1. The molecule has 90 valence electrons. The first-order chi connectivity index (χ1) is 6.97. The van der Waals surface area contributed by atoms with E-state index in [1.807, 2.05) is 0 Å². The van der Waals surface area contributed by atoms with E-state index < -0.39 is 0 Å². The van der Waals surface area contributed by atoms with Crippen molar-refractivity contribution >= 4 is 21.9 Å². The van der Waals surface area contributed by atoms with Gasteiger partial charge in [-0.15, -0.1) is 0 Å². The molecule has 5 heteroatoms. The van der Waals surface area contributed by atoms with E-state index in [0.29, 0.717) is 12.6 Å². The monoisotopic (exact) mass is 280 g/mol. The maximum Gasteiger partial charge on any atom is 0.320 e. The molecule has 0 aliphatic rings. The molecular formula is C10H21BrN2O2. The topological polar surface area (TPSA) is 41.6 Å². The average molecular weight is 281 g/mol. The summed E-state index contributed by atoms with van der Waals surface area (Å²) in [6.45, 7) is 3.75. The fraction of sp³-hybridized carbons (Fsp3) is 0.900. The Kier molecular flexibility index (Phi) is 8.00. The molecule has 0 heterocycles. The van der Waals surface area contributed by atoms with Gasteiger partial charge < -0.3 is 15.0 Å². The third kappa shape index (κ3) is 7.76. The zero-order valence-electron chi connectivity index (χ0n) is 9.92. The normalized spacial score (nSPS) is 15.1. The van der Waals surface area contributed by atoms with E-state index in [2.05, 4.69) is 51.9 Å². The third-order valence-electron chi connectivity index (χ3n) is 2.11. The van der Waals surface area contributed by atoms with E-state index in [0.717, 1.165) is 13.0 Å². The Balaban J connectivity index is 3.61. The summed E-state index contributed by atoms with van der Waals surface area (Å²) in [5.74, 6) is -0.234. The summed E-state index contributed by atoms with van der Waals surface area (Å²) in [6.07, 6.45) is 1.06. The highest BCUT2D eigenvalue weighted by atomic mass is 79.9. The second-order valence-corrected chi connectivity index (χ2v) is 5.00. The van der Waals surface area contributed by atoms with Crippen molar-refractivity contribution in [2.45, 2.75) is 24.2 Å². The van der Waals surface area contributed by atoms with Crippen LogP contribution in [0.4, 0.5) is 0 Å². The van der Waals surface area contributed by atoms with Gasteiger partial charge >= 0.3 is 5.97 Å². The summed E-state index contributed by atoms with van der Waals surface area (Å²) in [7, 11) is 5.50. The molecule has 4 nitrogen and oxygen atoms in total. The largest absolute Gasteiger partial charge is 0.468 e. The highest BCUT2D eigenvalue weighted by molar-refractivity contribution is 9.10. The standard InChI is InChI=1S/C10H21BrN2O2/c1-8(5-6-13(2)3)12-7-9(11)10(14)15-4/h8-9,12H,5-7H2,1-4H3. The van der Waals surface area contributed by atoms with Crippen LogP contribution in [0.5, 0.6) is 0 Å². The van der Waals surface area contributed by atoms with E-state index in [-0.39, 0.29) is 10.8 Å². The summed E-state index contributed by atoms with van der Waals surface area (Å²) in [6, 6.07) is 0.400. The minimum absolute atomic E-state index is 0.234. The Morgan fingerprint density at radius 3 is 2.60 bits per heavy atom. The highest BCUT2D eigenvalue weighted by Gasteiger charge is 2.15. The van der Waals surface area contributed by atoms with Gasteiger partial charge in [0.2, 0.25) is 0 Å². The highest BCUT2D eigenvalue weighted by Crippen LogP contribution is 2.01. The predicted molar refractivity (Wildman–Crippen MR) is 65.4 cm³/mol. The lowest BCUT2D eigenvalue weighted by atomic mass is 10.2. The molecule has 0 radical (unpaired) electrons. The maximum atomic E-state index is 11.1. The number of halogens is 1. The third-order valence-corrected chi connectivity index (χ3v) is 2.81. The Morgan fingerprint density at radius 2 is 2.13 bits per heavy atom. The molecule has 2 atom stereocenters. The number of hydrogen-bond acceptors (Lipinski definition) is 4. The van der Waals surface area contributed by atoms with Crippen LogP contribution in [0.15, 0.2) is 0 Å². The van der Waals surface area contributed by atoms with E-state index in [1.54, 1.807) is 0 Å². The molecule has 15 heavy (non-hydrogen) atoms. The van der Waals surface area contributed by atoms with Crippen LogP contribution in [0.2, 0.25) is 0 Å². The van der Waals surface area contributed by atoms with Crippen LogP contribution in [-0.2, 0) is 9.53 Å². The summed E-state index contributed by atoms with van der Waals surface area (Å²) < 4.78 is 4.61. The first-order valence-electron chi connectivity index (χ1n) is 5.07. The van der Waals surface area contributed by atoms with Crippen LogP contribution >= 0.6 is 15.9 Å². The number of nitrogens with zero attached hydrogens (tertiary/aromatic N) is 1. The number of alkyl halides is 1. The van der Waals surface area contributed by atoms with E-state index in [9.17, 15) is 4.79 Å². The average Bonchev–Trinajstić information content (AvgIpc) is 2.21. The molecule has 0 rings (SSSR count). The first-order valence-corrected chi connectivity index (χ1v) is 5.99. The summed E-state index contributed by atoms with van der Waals surface area (Å²) in [5, 5.41) is 3.28. The van der Waals surface area contributed by atoms with Crippen LogP contribution in [0.3, 0.4) is 0 Å². The van der Waals surface area contributed by atoms with Crippen molar-refractivity contribution in [3.8, 4) is 0 Å². The molecule has 0 aromatic rings. The number of rotatable bonds is 7. The van der Waals surface area contributed by atoms with Gasteiger partial charge in [-0.3, -0.25) is 4.79 Å². The Bertz CT molecular complexity index is 188. The minimum Gasteiger partial charge on any atom is -0.468 e. The zero-order valence-corrected chi connectivity index (χ0v) is 11.5. The Morgan fingerprint density at radius 1 is 1.53 bits per heavy atom. The number of nitrogens with one attached hydrogen (secondary N) is 1. The van der Waals surface area contributed by atoms with Crippen molar-refractivity contribution in [2.24, 2.45) is 0 Å². The summed E-state index contributed by atoms with van der Waals surface area (Å²) >= 11 is 3.26. The van der Waals surface area contributed by atoms with Gasteiger partial charge in [-0.1, -0.05) is 15.9 Å². The number of carbonyl (C=O) groups is 1. The molecule has 0 spiro atoms. The first kappa shape index (κ1) is 14.9. The van der Waals surface area contributed by atoms with Gasteiger partial charge in [-0.25, -0.2) is 0 Å². The maximum absolute atomic E-state index is 11.1.